The fourth-order valence-electron chi connectivity index (χ4n) is 1.00. The number of aromatic nitrogens is 2. The summed E-state index contributed by atoms with van der Waals surface area (Å²) in [7, 11) is 0. The number of nitrogens with two attached hydrogens (primary N) is 1. The van der Waals surface area contributed by atoms with E-state index in [2.05, 4.69) is 9.97 Å². The summed E-state index contributed by atoms with van der Waals surface area (Å²) >= 11 is 0. The second kappa shape index (κ2) is 4.38. The van der Waals surface area contributed by atoms with E-state index in [9.17, 15) is 10.2 Å². The van der Waals surface area contributed by atoms with Crippen molar-refractivity contribution < 1.29 is 20.4 Å². The lowest BCUT2D eigenvalue weighted by molar-refractivity contribution is -0.0788. The molecule has 1 rings (SSSR count). The van der Waals surface area contributed by atoms with Crippen LogP contribution >= 0.6 is 0 Å². The van der Waals surface area contributed by atoms with Crippen molar-refractivity contribution in [1.82, 2.24) is 9.97 Å². The van der Waals surface area contributed by atoms with Gasteiger partial charge in [0.1, 0.15) is 18.3 Å². The minimum Gasteiger partial charge on any atom is -0.394 e. The predicted molar refractivity (Wildman–Crippen MR) is 47.1 cm³/mol. The fourth-order valence-corrected chi connectivity index (χ4v) is 1.00. The van der Waals surface area contributed by atoms with Gasteiger partial charge < -0.3 is 31.1 Å². The maximum absolute atomic E-state index is 9.46. The van der Waals surface area contributed by atoms with Gasteiger partial charge in [-0.15, -0.1) is 0 Å². The van der Waals surface area contributed by atoms with E-state index in [1.807, 2.05) is 0 Å². The number of imidazole rings is 1. The van der Waals surface area contributed by atoms with Crippen molar-refractivity contribution in [1.29, 1.82) is 0 Å². The Morgan fingerprint density at radius 2 is 2.07 bits per heavy atom. The highest BCUT2D eigenvalue weighted by atomic mass is 16.4. The van der Waals surface area contributed by atoms with Crippen LogP contribution in [0.15, 0.2) is 6.20 Å². The molecular weight excluding hydrogens is 190 g/mol. The van der Waals surface area contributed by atoms with Gasteiger partial charge in [0.15, 0.2) is 5.95 Å². The highest BCUT2D eigenvalue weighted by molar-refractivity contribution is 5.20. The molecule has 0 amide bonds. The molecule has 0 bridgehead atoms. The highest BCUT2D eigenvalue weighted by Crippen LogP contribution is 2.17. The van der Waals surface area contributed by atoms with Crippen LogP contribution in [0, 0.1) is 0 Å². The van der Waals surface area contributed by atoms with E-state index in [0.717, 1.165) is 0 Å². The maximum atomic E-state index is 9.46. The molecule has 14 heavy (non-hydrogen) atoms. The number of nitrogen functional groups attached to an aromatic ring is 1. The van der Waals surface area contributed by atoms with Crippen molar-refractivity contribution in [3.63, 3.8) is 0 Å². The average molecular weight is 203 g/mol. The Labute approximate surface area is 79.8 Å². The summed E-state index contributed by atoms with van der Waals surface area (Å²) in [4.78, 5) is 6.11. The molecule has 0 aliphatic carbocycles. The molecule has 7 heteroatoms. The van der Waals surface area contributed by atoms with Crippen LogP contribution < -0.4 is 5.73 Å². The summed E-state index contributed by atoms with van der Waals surface area (Å²) in [6.07, 6.45) is -3.01. The first-order valence-corrected chi connectivity index (χ1v) is 4.01. The van der Waals surface area contributed by atoms with Crippen molar-refractivity contribution in [2.24, 2.45) is 0 Å². The highest BCUT2D eigenvalue weighted by Gasteiger charge is 2.26. The van der Waals surface area contributed by atoms with Gasteiger partial charge in [-0.2, -0.15) is 0 Å². The third kappa shape index (κ3) is 2.20. The van der Waals surface area contributed by atoms with Crippen LogP contribution in [0.2, 0.25) is 0 Å². The van der Waals surface area contributed by atoms with Crippen molar-refractivity contribution in [2.75, 3.05) is 12.3 Å². The van der Waals surface area contributed by atoms with Gasteiger partial charge in [-0.1, -0.05) is 0 Å². The minimum atomic E-state index is -1.49. The van der Waals surface area contributed by atoms with Gasteiger partial charge in [0.05, 0.1) is 18.5 Å². The van der Waals surface area contributed by atoms with Gasteiger partial charge in [0, 0.05) is 0 Å². The smallest absolute Gasteiger partial charge is 0.197 e. The fraction of sp³-hybridized carbons (Fsp3) is 0.571. The van der Waals surface area contributed by atoms with Crippen LogP contribution in [0.5, 0.6) is 0 Å². The molecule has 1 aromatic rings. The number of nitrogens with one attached hydrogen (secondary N) is 1. The predicted octanol–water partition coefficient (Wildman–Crippen LogP) is -2.26. The summed E-state index contributed by atoms with van der Waals surface area (Å²) in [6.45, 7) is -0.637. The zero-order valence-corrected chi connectivity index (χ0v) is 7.33. The number of rotatable bonds is 4. The van der Waals surface area contributed by atoms with E-state index in [1.165, 1.54) is 6.20 Å². The van der Waals surface area contributed by atoms with Gasteiger partial charge in [0.25, 0.3) is 0 Å². The molecular formula is C7H13N3O4. The third-order valence-corrected chi connectivity index (χ3v) is 1.84. The molecule has 1 heterocycles. The molecule has 1 aromatic heterocycles. The molecule has 3 atom stereocenters. The van der Waals surface area contributed by atoms with Gasteiger partial charge >= 0.3 is 0 Å². The number of nitrogens with zero attached hydrogens (tertiary/aromatic N) is 1. The van der Waals surface area contributed by atoms with Crippen LogP contribution in [0.25, 0.3) is 0 Å². The first kappa shape index (κ1) is 10.9. The Morgan fingerprint density at radius 1 is 1.43 bits per heavy atom. The van der Waals surface area contributed by atoms with E-state index in [0.29, 0.717) is 0 Å². The summed E-state index contributed by atoms with van der Waals surface area (Å²) in [5, 5.41) is 36.3. The number of hydrogen-bond acceptors (Lipinski definition) is 6. The molecule has 0 aliphatic heterocycles. The second-order valence-electron chi connectivity index (χ2n) is 2.91. The van der Waals surface area contributed by atoms with Crippen LogP contribution in [0.4, 0.5) is 5.95 Å². The Bertz CT molecular complexity index is 290. The SMILES string of the molecule is Nc1ncc([C@@H](O)[C@H](O)[C@H](O)CO)[nH]1. The standard InChI is InChI=1S/C7H13N3O4/c8-7-9-1-3(10-7)5(13)6(14)4(12)2-11/h1,4-6,11-14H,2H2,(H3,8,9,10)/t4-,5-,6-/m1/s1. The Hall–Kier alpha value is -1.15. The zero-order valence-electron chi connectivity index (χ0n) is 7.33. The number of aliphatic hydroxyl groups is 4. The lowest BCUT2D eigenvalue weighted by atomic mass is 10.1. The molecule has 0 unspecified atom stereocenters. The van der Waals surface area contributed by atoms with Gasteiger partial charge in [-0.25, -0.2) is 4.98 Å². The van der Waals surface area contributed by atoms with Crippen molar-refractivity contribution in [3.05, 3.63) is 11.9 Å². The van der Waals surface area contributed by atoms with E-state index in [-0.39, 0.29) is 11.6 Å². The third-order valence-electron chi connectivity index (χ3n) is 1.84. The van der Waals surface area contributed by atoms with Crippen molar-refractivity contribution in [3.8, 4) is 0 Å². The lowest BCUT2D eigenvalue weighted by Crippen LogP contribution is -2.34. The topological polar surface area (TPSA) is 136 Å². The quantitative estimate of drug-likeness (QED) is 0.327. The van der Waals surface area contributed by atoms with Crippen LogP contribution in [0.1, 0.15) is 11.8 Å². The van der Waals surface area contributed by atoms with Crippen LogP contribution in [0.3, 0.4) is 0 Å². The molecule has 80 valence electrons. The number of aromatic amines is 1. The van der Waals surface area contributed by atoms with Crippen molar-refractivity contribution >= 4 is 5.95 Å². The number of H-pyrrole nitrogens is 1. The molecule has 0 radical (unpaired) electrons. The monoisotopic (exact) mass is 203 g/mol. The minimum absolute atomic E-state index is 0.102. The summed E-state index contributed by atoms with van der Waals surface area (Å²) in [6, 6.07) is 0. The Kier molecular flexibility index (Phi) is 3.42. The molecule has 7 nitrogen and oxygen atoms in total. The molecule has 0 aromatic carbocycles. The van der Waals surface area contributed by atoms with Crippen LogP contribution in [-0.2, 0) is 0 Å². The van der Waals surface area contributed by atoms with Gasteiger partial charge in [0.2, 0.25) is 0 Å². The largest absolute Gasteiger partial charge is 0.394 e. The molecule has 0 fully saturated rings. The van der Waals surface area contributed by atoms with E-state index < -0.39 is 24.9 Å². The van der Waals surface area contributed by atoms with E-state index in [4.69, 9.17) is 15.9 Å². The van der Waals surface area contributed by atoms with E-state index >= 15 is 0 Å². The molecule has 0 spiro atoms. The molecule has 0 saturated heterocycles. The number of anilines is 1. The van der Waals surface area contributed by atoms with Gasteiger partial charge in [-0.3, -0.25) is 0 Å². The zero-order chi connectivity index (χ0) is 10.7. The second-order valence-corrected chi connectivity index (χ2v) is 2.91. The Morgan fingerprint density at radius 3 is 2.50 bits per heavy atom. The van der Waals surface area contributed by atoms with Gasteiger partial charge in [-0.05, 0) is 0 Å². The summed E-state index contributed by atoms with van der Waals surface area (Å²) in [5.74, 6) is 0.102. The molecule has 0 aliphatic rings. The maximum Gasteiger partial charge on any atom is 0.197 e. The first-order valence-electron chi connectivity index (χ1n) is 4.01. The van der Waals surface area contributed by atoms with Crippen LogP contribution in [-0.4, -0.2) is 49.2 Å². The molecule has 7 N–H and O–H groups in total. The lowest BCUT2D eigenvalue weighted by Gasteiger charge is -2.20. The summed E-state index contributed by atoms with van der Waals surface area (Å²) in [5.41, 5.74) is 5.44. The first-order chi connectivity index (χ1) is 6.56. The number of aliphatic hydroxyl groups excluding tert-OH is 4. The van der Waals surface area contributed by atoms with E-state index in [1.54, 1.807) is 0 Å². The summed E-state index contributed by atoms with van der Waals surface area (Å²) < 4.78 is 0. The number of hydrogen-bond donors (Lipinski definition) is 6. The Balaban J connectivity index is 2.69. The normalized spacial score (nSPS) is 17.7. The average Bonchev–Trinajstić information content (AvgIpc) is 2.61. The van der Waals surface area contributed by atoms with Crippen molar-refractivity contribution in [2.45, 2.75) is 18.3 Å². The molecule has 0 saturated carbocycles.